The van der Waals surface area contributed by atoms with Crippen molar-refractivity contribution in [2.24, 2.45) is 0 Å². The summed E-state index contributed by atoms with van der Waals surface area (Å²) in [7, 11) is 0. The van der Waals surface area contributed by atoms with Crippen LogP contribution in [0.25, 0.3) is 5.69 Å². The van der Waals surface area contributed by atoms with E-state index in [0.717, 1.165) is 16.5 Å². The molecule has 5 heteroatoms. The highest BCUT2D eigenvalue weighted by atomic mass is 32.1. The number of rotatable bonds is 4. The lowest BCUT2D eigenvalue weighted by molar-refractivity contribution is 0.565. The van der Waals surface area contributed by atoms with Gasteiger partial charge in [-0.1, -0.05) is 36.4 Å². The van der Waals surface area contributed by atoms with E-state index >= 15 is 0 Å². The Morgan fingerprint density at radius 2 is 1.59 bits per heavy atom. The fraction of sp³-hybridized carbons (Fsp3) is 0.185. The molecule has 32 heavy (non-hydrogen) atoms. The Bertz CT molecular complexity index is 1260. The Morgan fingerprint density at radius 3 is 2.31 bits per heavy atom. The normalized spacial score (nSPS) is 18.1. The summed E-state index contributed by atoms with van der Waals surface area (Å²) in [6.07, 6.45) is 1.85. The summed E-state index contributed by atoms with van der Waals surface area (Å²) in [5.41, 5.74) is 8.11. The van der Waals surface area contributed by atoms with Crippen LogP contribution in [0.4, 0.5) is 5.69 Å². The van der Waals surface area contributed by atoms with E-state index in [4.69, 9.17) is 12.2 Å². The smallest absolute Gasteiger partial charge is 0.174 e. The number of para-hydroxylation sites is 1. The molecule has 2 atom stereocenters. The Hall–Kier alpha value is -3.44. The van der Waals surface area contributed by atoms with E-state index in [1.165, 1.54) is 28.2 Å². The van der Waals surface area contributed by atoms with Gasteiger partial charge in [0.2, 0.25) is 0 Å². The molecule has 2 aromatic carbocycles. The van der Waals surface area contributed by atoms with Crippen molar-refractivity contribution in [3.8, 4) is 5.69 Å². The molecule has 160 valence electrons. The van der Waals surface area contributed by atoms with Gasteiger partial charge in [-0.05, 0) is 86.6 Å². The van der Waals surface area contributed by atoms with Gasteiger partial charge in [0.1, 0.15) is 0 Å². The summed E-state index contributed by atoms with van der Waals surface area (Å²) < 4.78 is 2.32. The van der Waals surface area contributed by atoms with Gasteiger partial charge >= 0.3 is 0 Å². The predicted octanol–water partition coefficient (Wildman–Crippen LogP) is 5.97. The first-order valence-corrected chi connectivity index (χ1v) is 11.3. The summed E-state index contributed by atoms with van der Waals surface area (Å²) in [5.74, 6) is 0. The van der Waals surface area contributed by atoms with E-state index in [1.54, 1.807) is 0 Å². The zero-order chi connectivity index (χ0) is 22.2. The Balaban J connectivity index is 1.69. The van der Waals surface area contributed by atoms with Gasteiger partial charge in [-0.3, -0.25) is 4.98 Å². The minimum Gasteiger partial charge on any atom is -0.351 e. The van der Waals surface area contributed by atoms with E-state index in [9.17, 15) is 0 Å². The minimum absolute atomic E-state index is 0.0112. The molecule has 0 amide bonds. The second-order valence-electron chi connectivity index (χ2n) is 8.33. The van der Waals surface area contributed by atoms with E-state index < -0.39 is 0 Å². The number of anilines is 1. The summed E-state index contributed by atoms with van der Waals surface area (Å²) in [5, 5.41) is 4.29. The molecule has 0 aliphatic carbocycles. The maximum absolute atomic E-state index is 5.88. The highest BCUT2D eigenvalue weighted by molar-refractivity contribution is 7.80. The first-order chi connectivity index (χ1) is 15.5. The number of benzene rings is 2. The van der Waals surface area contributed by atoms with Gasteiger partial charge in [0.25, 0.3) is 0 Å². The predicted molar refractivity (Wildman–Crippen MR) is 134 cm³/mol. The van der Waals surface area contributed by atoms with Gasteiger partial charge in [0.05, 0.1) is 17.8 Å². The average molecular weight is 439 g/mol. The molecule has 1 saturated heterocycles. The van der Waals surface area contributed by atoms with Crippen molar-refractivity contribution >= 4 is 23.0 Å². The number of aromatic nitrogens is 2. The zero-order valence-electron chi connectivity index (χ0n) is 18.5. The SMILES string of the molecule is Cc1cccc(N2C(=S)NC(c3ccccn3)C2c2cc(C)n(-c3ccccc3)c2C)c1. The highest BCUT2D eigenvalue weighted by Gasteiger charge is 2.42. The number of thiocarbonyl (C=S) groups is 1. The van der Waals surface area contributed by atoms with E-state index in [0.29, 0.717) is 0 Å². The lowest BCUT2D eigenvalue weighted by Gasteiger charge is -2.28. The molecule has 3 heterocycles. The molecule has 5 rings (SSSR count). The molecule has 4 nitrogen and oxygen atoms in total. The third-order valence-corrected chi connectivity index (χ3v) is 6.50. The minimum atomic E-state index is -0.0473. The molecule has 1 aliphatic rings. The summed E-state index contributed by atoms with van der Waals surface area (Å²) in [4.78, 5) is 6.93. The van der Waals surface area contributed by atoms with Crippen molar-refractivity contribution in [3.05, 3.63) is 113 Å². The first-order valence-electron chi connectivity index (χ1n) is 10.9. The molecular weight excluding hydrogens is 412 g/mol. The fourth-order valence-electron chi connectivity index (χ4n) is 4.79. The van der Waals surface area contributed by atoms with Crippen LogP contribution in [0.1, 0.15) is 40.3 Å². The second kappa shape index (κ2) is 8.24. The molecule has 2 unspecified atom stereocenters. The Morgan fingerprint density at radius 1 is 0.844 bits per heavy atom. The van der Waals surface area contributed by atoms with Crippen LogP contribution in [-0.2, 0) is 0 Å². The second-order valence-corrected chi connectivity index (χ2v) is 8.72. The molecule has 4 aromatic rings. The van der Waals surface area contributed by atoms with Crippen LogP contribution in [0.3, 0.4) is 0 Å². The largest absolute Gasteiger partial charge is 0.351 e. The standard InChI is InChI=1S/C27H26N4S/c1-18-10-9-13-22(16-18)31-26(25(29-27(31)32)24-14-7-8-15-28-24)23-17-19(2)30(20(23)3)21-11-5-4-6-12-21/h4-17,25-26H,1-3H3,(H,29,32). The van der Waals surface area contributed by atoms with Gasteiger partial charge in [0, 0.05) is 29.0 Å². The quantitative estimate of drug-likeness (QED) is 0.398. The highest BCUT2D eigenvalue weighted by Crippen LogP contribution is 2.43. The van der Waals surface area contributed by atoms with E-state index in [-0.39, 0.29) is 12.1 Å². The number of aryl methyl sites for hydroxylation is 2. The van der Waals surface area contributed by atoms with Gasteiger partial charge in [0.15, 0.2) is 5.11 Å². The summed E-state index contributed by atoms with van der Waals surface area (Å²) in [6, 6.07) is 27.3. The molecule has 1 aliphatic heterocycles. The van der Waals surface area contributed by atoms with Crippen LogP contribution in [0, 0.1) is 20.8 Å². The summed E-state index contributed by atoms with van der Waals surface area (Å²) >= 11 is 5.88. The monoisotopic (exact) mass is 438 g/mol. The lowest BCUT2D eigenvalue weighted by atomic mass is 9.96. The number of hydrogen-bond acceptors (Lipinski definition) is 2. The van der Waals surface area contributed by atoms with Gasteiger partial charge in [-0.2, -0.15) is 0 Å². The van der Waals surface area contributed by atoms with Gasteiger partial charge in [-0.15, -0.1) is 0 Å². The van der Waals surface area contributed by atoms with Crippen LogP contribution in [0.2, 0.25) is 0 Å². The van der Waals surface area contributed by atoms with Crippen LogP contribution in [-0.4, -0.2) is 14.7 Å². The van der Waals surface area contributed by atoms with Crippen molar-refractivity contribution < 1.29 is 0 Å². The zero-order valence-corrected chi connectivity index (χ0v) is 19.3. The van der Waals surface area contributed by atoms with Gasteiger partial charge < -0.3 is 14.8 Å². The average Bonchev–Trinajstić information content (AvgIpc) is 3.30. The van der Waals surface area contributed by atoms with Crippen molar-refractivity contribution in [1.29, 1.82) is 0 Å². The van der Waals surface area contributed by atoms with Crippen LogP contribution in [0.5, 0.6) is 0 Å². The first kappa shape index (κ1) is 20.5. The van der Waals surface area contributed by atoms with Crippen molar-refractivity contribution in [1.82, 2.24) is 14.9 Å². The number of nitrogens with one attached hydrogen (secondary N) is 1. The number of hydrogen-bond donors (Lipinski definition) is 1. The third kappa shape index (κ3) is 3.49. The van der Waals surface area contributed by atoms with Crippen LogP contribution >= 0.6 is 12.2 Å². The maximum Gasteiger partial charge on any atom is 0.174 e. The molecular formula is C27H26N4S. The van der Waals surface area contributed by atoms with E-state index in [1.807, 2.05) is 18.3 Å². The molecule has 1 fully saturated rings. The molecule has 0 saturated carbocycles. The molecule has 0 spiro atoms. The van der Waals surface area contributed by atoms with Crippen molar-refractivity contribution in [2.45, 2.75) is 32.9 Å². The molecule has 2 aromatic heterocycles. The Labute approximate surface area is 194 Å². The summed E-state index contributed by atoms with van der Waals surface area (Å²) in [6.45, 7) is 6.47. The van der Waals surface area contributed by atoms with Crippen molar-refractivity contribution in [2.75, 3.05) is 4.90 Å². The molecule has 1 N–H and O–H groups in total. The number of nitrogens with zero attached hydrogens (tertiary/aromatic N) is 3. The maximum atomic E-state index is 5.88. The lowest BCUT2D eigenvalue weighted by Crippen LogP contribution is -2.29. The fourth-order valence-corrected chi connectivity index (χ4v) is 5.13. The topological polar surface area (TPSA) is 33.1 Å². The third-order valence-electron chi connectivity index (χ3n) is 6.18. The number of pyridine rings is 1. The molecule has 0 radical (unpaired) electrons. The van der Waals surface area contributed by atoms with Crippen LogP contribution in [0.15, 0.2) is 85.1 Å². The van der Waals surface area contributed by atoms with Crippen molar-refractivity contribution in [3.63, 3.8) is 0 Å². The Kier molecular flexibility index (Phi) is 5.27. The van der Waals surface area contributed by atoms with Gasteiger partial charge in [-0.25, -0.2) is 0 Å². The molecule has 0 bridgehead atoms. The van der Waals surface area contributed by atoms with E-state index in [2.05, 4.69) is 107 Å². The van der Waals surface area contributed by atoms with Crippen LogP contribution < -0.4 is 10.2 Å².